The van der Waals surface area contributed by atoms with Gasteiger partial charge in [0.15, 0.2) is 8.32 Å². The minimum Gasteiger partial charge on any atom is -0.443 e. The van der Waals surface area contributed by atoms with Crippen molar-refractivity contribution in [3.8, 4) is 0 Å². The number of ether oxygens (including phenoxy) is 1. The number of halogens is 1. The lowest BCUT2D eigenvalue weighted by Gasteiger charge is -2.39. The lowest BCUT2D eigenvalue weighted by molar-refractivity contribution is -0.112. The number of carbonyl (C=O) groups is 2. The highest BCUT2D eigenvalue weighted by molar-refractivity contribution is 6.74. The van der Waals surface area contributed by atoms with Crippen LogP contribution in [0.4, 0.5) is 10.5 Å². The molecule has 7 heteroatoms. The summed E-state index contributed by atoms with van der Waals surface area (Å²) in [6.45, 7) is 21.3. The Morgan fingerprint density at radius 1 is 1.09 bits per heavy atom. The molecule has 1 aliphatic rings. The molecule has 5 nitrogen and oxygen atoms in total. The van der Waals surface area contributed by atoms with Crippen molar-refractivity contribution in [1.29, 1.82) is 0 Å². The number of rotatable bonds is 5. The van der Waals surface area contributed by atoms with Gasteiger partial charge in [-0.3, -0.25) is 4.79 Å². The summed E-state index contributed by atoms with van der Waals surface area (Å²) in [4.78, 5) is 27.1. The van der Waals surface area contributed by atoms with Gasteiger partial charge in [0.1, 0.15) is 5.60 Å². The minimum absolute atomic E-state index is 0.134. The summed E-state index contributed by atoms with van der Waals surface area (Å²) >= 11 is 6.17. The average molecular weight is 480 g/mol. The van der Waals surface area contributed by atoms with Crippen LogP contribution in [0.15, 0.2) is 24.3 Å². The summed E-state index contributed by atoms with van der Waals surface area (Å²) in [5, 5.41) is 0.587. The number of nitrogens with zero attached hydrogens (tertiary/aromatic N) is 1. The first-order chi connectivity index (χ1) is 14.3. The predicted octanol–water partition coefficient (Wildman–Crippen LogP) is 7.44. The van der Waals surface area contributed by atoms with Crippen LogP contribution in [0.2, 0.25) is 23.2 Å². The van der Waals surface area contributed by atoms with Crippen molar-refractivity contribution in [3.05, 3.63) is 34.9 Å². The van der Waals surface area contributed by atoms with E-state index in [9.17, 15) is 9.59 Å². The van der Waals surface area contributed by atoms with Crippen molar-refractivity contribution in [1.82, 2.24) is 0 Å². The zero-order valence-electron chi connectivity index (χ0n) is 21.2. The monoisotopic (exact) mass is 479 g/mol. The Bertz CT molecular complexity index is 923. The molecule has 2 amide bonds. The van der Waals surface area contributed by atoms with Gasteiger partial charge in [-0.1, -0.05) is 58.4 Å². The predicted molar refractivity (Wildman–Crippen MR) is 135 cm³/mol. The van der Waals surface area contributed by atoms with Gasteiger partial charge < -0.3 is 9.16 Å². The molecule has 0 spiro atoms. The average Bonchev–Trinajstić information content (AvgIpc) is 2.86. The van der Waals surface area contributed by atoms with E-state index in [0.717, 1.165) is 4.90 Å². The zero-order valence-corrected chi connectivity index (χ0v) is 22.9. The fraction of sp³-hybridized carbons (Fsp3) is 0.600. The number of allylic oxidation sites excluding steroid dienone is 1. The van der Waals surface area contributed by atoms with Gasteiger partial charge in [-0.05, 0) is 62.9 Å². The molecule has 0 saturated carbocycles. The highest BCUT2D eigenvalue weighted by Gasteiger charge is 2.40. The Morgan fingerprint density at radius 3 is 2.22 bits per heavy atom. The fourth-order valence-corrected chi connectivity index (χ4v) is 4.33. The van der Waals surface area contributed by atoms with E-state index in [1.54, 1.807) is 39.0 Å². The smallest absolute Gasteiger partial charge is 0.422 e. The molecular weight excluding hydrogens is 442 g/mol. The molecule has 1 heterocycles. The molecule has 0 aliphatic carbocycles. The molecule has 0 N–H and O–H groups in total. The number of carbonyl (C=O) groups excluding carboxylic acids is 2. The molecule has 0 bridgehead atoms. The van der Waals surface area contributed by atoms with E-state index in [-0.39, 0.29) is 10.5 Å². The molecule has 0 unspecified atom stereocenters. The molecule has 0 saturated heterocycles. The van der Waals surface area contributed by atoms with Crippen LogP contribution in [0.1, 0.15) is 67.4 Å². The molecule has 2 rings (SSSR count). The van der Waals surface area contributed by atoms with E-state index in [1.165, 1.54) is 0 Å². The maximum Gasteiger partial charge on any atom is 0.422 e. The van der Waals surface area contributed by atoms with E-state index in [1.807, 2.05) is 6.08 Å². The van der Waals surface area contributed by atoms with Gasteiger partial charge in [0, 0.05) is 22.8 Å². The number of imide groups is 1. The van der Waals surface area contributed by atoms with Gasteiger partial charge >= 0.3 is 6.09 Å². The standard InChI is InChI=1S/C25H38ClNO4Si/c1-23(2,3)31-22(29)27-20-15-17(26)11-12-18(20)19(21(27)28)13-14-25(7,8)16-30-32(9,10)24(4,5)6/h11-13,15H,14,16H2,1-10H3/b19-13+. The van der Waals surface area contributed by atoms with Crippen molar-refractivity contribution in [2.45, 2.75) is 85.5 Å². The van der Waals surface area contributed by atoms with Crippen molar-refractivity contribution in [2.75, 3.05) is 11.5 Å². The maximum absolute atomic E-state index is 13.3. The topological polar surface area (TPSA) is 55.8 Å². The number of amides is 2. The van der Waals surface area contributed by atoms with Crippen LogP contribution in [0.25, 0.3) is 5.57 Å². The van der Waals surface area contributed by atoms with Crippen LogP contribution >= 0.6 is 11.6 Å². The van der Waals surface area contributed by atoms with Crippen molar-refractivity contribution >= 4 is 43.2 Å². The fourth-order valence-electron chi connectivity index (χ4n) is 2.98. The van der Waals surface area contributed by atoms with Crippen molar-refractivity contribution < 1.29 is 18.8 Å². The first-order valence-corrected chi connectivity index (χ1v) is 14.3. The molecule has 1 aromatic carbocycles. The van der Waals surface area contributed by atoms with Gasteiger partial charge in [-0.15, -0.1) is 0 Å². The first kappa shape index (κ1) is 26.6. The van der Waals surface area contributed by atoms with Crippen molar-refractivity contribution in [2.24, 2.45) is 5.41 Å². The van der Waals surface area contributed by atoms with Gasteiger partial charge in [0.25, 0.3) is 5.91 Å². The number of fused-ring (bicyclic) bond motifs is 1. The lowest BCUT2D eigenvalue weighted by Crippen LogP contribution is -2.43. The second-order valence-electron chi connectivity index (χ2n) is 11.8. The van der Waals surface area contributed by atoms with E-state index >= 15 is 0 Å². The first-order valence-electron chi connectivity index (χ1n) is 11.1. The third-order valence-corrected chi connectivity index (χ3v) is 10.7. The molecule has 178 valence electrons. The SMILES string of the molecule is CC(C)(C/C=C1/C(=O)N(C(=O)OC(C)(C)C)c2cc(Cl)ccc21)CO[Si](C)(C)C(C)(C)C. The molecule has 0 radical (unpaired) electrons. The maximum atomic E-state index is 13.3. The molecular formula is C25H38ClNO4Si. The van der Waals surface area contributed by atoms with Gasteiger partial charge in [-0.2, -0.15) is 0 Å². The molecule has 32 heavy (non-hydrogen) atoms. The Labute approximate surface area is 199 Å². The normalized spacial score (nSPS) is 16.5. The Morgan fingerprint density at radius 2 is 1.69 bits per heavy atom. The van der Waals surface area contributed by atoms with E-state index in [0.29, 0.717) is 34.9 Å². The van der Waals surface area contributed by atoms with Gasteiger partial charge in [0.05, 0.1) is 5.69 Å². The van der Waals surface area contributed by atoms with E-state index in [2.05, 4.69) is 47.7 Å². The molecule has 0 atom stereocenters. The van der Waals surface area contributed by atoms with E-state index in [4.69, 9.17) is 20.8 Å². The van der Waals surface area contributed by atoms with Gasteiger partial charge in [-0.25, -0.2) is 9.69 Å². The second-order valence-corrected chi connectivity index (χ2v) is 17.1. The summed E-state index contributed by atoms with van der Waals surface area (Å²) in [5.74, 6) is -0.391. The summed E-state index contributed by atoms with van der Waals surface area (Å²) in [6.07, 6.45) is 1.84. The third-order valence-electron chi connectivity index (χ3n) is 5.99. The van der Waals surface area contributed by atoms with Crippen LogP contribution in [-0.4, -0.2) is 32.5 Å². The number of benzene rings is 1. The van der Waals surface area contributed by atoms with Gasteiger partial charge in [0.2, 0.25) is 0 Å². The molecule has 0 aromatic heterocycles. The number of hydrogen-bond donors (Lipinski definition) is 0. The highest BCUT2D eigenvalue weighted by Crippen LogP contribution is 2.41. The third kappa shape index (κ3) is 6.24. The zero-order chi connectivity index (χ0) is 24.7. The number of hydrogen-bond acceptors (Lipinski definition) is 4. The second kappa shape index (κ2) is 8.96. The molecule has 1 aliphatic heterocycles. The van der Waals surface area contributed by atoms with Crippen LogP contribution in [0.3, 0.4) is 0 Å². The van der Waals surface area contributed by atoms with Crippen LogP contribution < -0.4 is 4.90 Å². The lowest BCUT2D eigenvalue weighted by atomic mass is 9.89. The molecule has 1 aromatic rings. The van der Waals surface area contributed by atoms with Crippen molar-refractivity contribution in [3.63, 3.8) is 0 Å². The quantitative estimate of drug-likeness (QED) is 0.325. The summed E-state index contributed by atoms with van der Waals surface area (Å²) in [5.41, 5.74) is 0.744. The minimum atomic E-state index is -1.87. The summed E-state index contributed by atoms with van der Waals surface area (Å²) in [7, 11) is -1.87. The van der Waals surface area contributed by atoms with E-state index < -0.39 is 25.9 Å². The largest absolute Gasteiger partial charge is 0.443 e. The summed E-state index contributed by atoms with van der Waals surface area (Å²) < 4.78 is 11.9. The number of anilines is 1. The van der Waals surface area contributed by atoms with Crippen LogP contribution in [0, 0.1) is 5.41 Å². The summed E-state index contributed by atoms with van der Waals surface area (Å²) in [6, 6.07) is 5.14. The Hall–Kier alpha value is -1.63. The van der Waals surface area contributed by atoms with Crippen LogP contribution in [-0.2, 0) is 14.0 Å². The molecule has 0 fully saturated rings. The van der Waals surface area contributed by atoms with Crippen LogP contribution in [0.5, 0.6) is 0 Å². The Balaban J connectivity index is 2.29. The highest BCUT2D eigenvalue weighted by atomic mass is 35.5. The Kier molecular flexibility index (Phi) is 7.45.